The third-order valence-electron chi connectivity index (χ3n) is 5.74. The number of nitriles is 1. The van der Waals surface area contributed by atoms with Gasteiger partial charge in [0, 0.05) is 15.5 Å². The molecule has 1 heterocycles. The average Bonchev–Trinajstić information content (AvgIpc) is 2.95. The van der Waals surface area contributed by atoms with Gasteiger partial charge < -0.3 is 14.0 Å². The van der Waals surface area contributed by atoms with Gasteiger partial charge >= 0.3 is 7.12 Å². The number of carbonyl (C=O) groups is 1. The van der Waals surface area contributed by atoms with E-state index in [1.54, 1.807) is 18.2 Å². The highest BCUT2D eigenvalue weighted by Gasteiger charge is 2.52. The first-order chi connectivity index (χ1) is 15.1. The molecule has 0 unspecified atom stereocenters. The number of hydrogen-bond acceptors (Lipinski definition) is 5. The Balaban J connectivity index is 1.89. The summed E-state index contributed by atoms with van der Waals surface area (Å²) in [5.74, 6) is 0.372. The molecule has 0 atom stereocenters. The number of hydrogen-bond donors (Lipinski definition) is 0. The Hall–Kier alpha value is -2.30. The van der Waals surface area contributed by atoms with Crippen molar-refractivity contribution >= 4 is 54.2 Å². The minimum Gasteiger partial charge on any atom is -0.492 e. The molecule has 0 radical (unpaired) electrons. The predicted molar refractivity (Wildman–Crippen MR) is 129 cm³/mol. The Bertz CT molecular complexity index is 1080. The lowest BCUT2D eigenvalue weighted by Gasteiger charge is -2.32. The van der Waals surface area contributed by atoms with E-state index in [9.17, 15) is 4.79 Å². The highest BCUT2D eigenvalue weighted by molar-refractivity contribution is 6.66. The lowest BCUT2D eigenvalue weighted by molar-refractivity contribution is 0.00578. The highest BCUT2D eigenvalue weighted by atomic mass is 35.5. The molecule has 0 aliphatic carbocycles. The van der Waals surface area contributed by atoms with E-state index >= 15 is 0 Å². The molecule has 1 saturated heterocycles. The van der Waals surface area contributed by atoms with Gasteiger partial charge in [0.05, 0.1) is 29.3 Å². The zero-order valence-corrected chi connectivity index (χ0v) is 20.0. The molecule has 32 heavy (non-hydrogen) atoms. The summed E-state index contributed by atoms with van der Waals surface area (Å²) in [6.45, 7) is 8.15. The highest BCUT2D eigenvalue weighted by Crippen LogP contribution is 2.37. The molecule has 8 heteroatoms. The maximum atomic E-state index is 11.3. The summed E-state index contributed by atoms with van der Waals surface area (Å²) >= 11 is 13.1. The topological polar surface area (TPSA) is 68.5 Å². The molecule has 0 saturated carbocycles. The molecule has 2 aromatic rings. The van der Waals surface area contributed by atoms with Crippen LogP contribution < -0.4 is 10.2 Å². The second kappa shape index (κ2) is 9.68. The van der Waals surface area contributed by atoms with Crippen LogP contribution in [0.25, 0.3) is 12.2 Å². The molecule has 0 aromatic heterocycles. The number of benzene rings is 2. The fourth-order valence-corrected chi connectivity index (χ4v) is 3.68. The Morgan fingerprint density at radius 2 is 1.72 bits per heavy atom. The van der Waals surface area contributed by atoms with Crippen molar-refractivity contribution in [3.63, 3.8) is 0 Å². The van der Waals surface area contributed by atoms with E-state index in [4.69, 9.17) is 42.5 Å². The monoisotopic (exact) mass is 471 g/mol. The minimum absolute atomic E-state index is 0.185. The van der Waals surface area contributed by atoms with E-state index < -0.39 is 18.3 Å². The van der Waals surface area contributed by atoms with Crippen molar-refractivity contribution in [2.75, 3.05) is 6.61 Å². The van der Waals surface area contributed by atoms with E-state index in [0.717, 1.165) is 11.0 Å². The lowest BCUT2D eigenvalue weighted by atomic mass is 9.78. The number of carbonyl (C=O) groups excluding carboxylic acids is 1. The van der Waals surface area contributed by atoms with Crippen molar-refractivity contribution in [3.05, 3.63) is 57.1 Å². The first kappa shape index (κ1) is 24.3. The van der Waals surface area contributed by atoms with Crippen LogP contribution in [0.3, 0.4) is 0 Å². The molecule has 166 valence electrons. The molecule has 1 aliphatic rings. The van der Waals surface area contributed by atoms with Gasteiger partial charge in [-0.2, -0.15) is 5.26 Å². The first-order valence-electron chi connectivity index (χ1n) is 10.2. The standard InChI is InChI=1S/C24H24BCl2NO4/c1-23(2)24(3,4)32-25(31-23)19-8-5-7-16(22(19)27)9-10-17-14-21(30-12-6-11-28)18(15-29)13-20(17)26/h5,7-10,13-15H,6,12H2,1-4H3/b10-9+. The molecule has 5 nitrogen and oxygen atoms in total. The first-order valence-corrected chi connectivity index (χ1v) is 11.0. The van der Waals surface area contributed by atoms with Crippen LogP contribution in [-0.4, -0.2) is 31.2 Å². The maximum Gasteiger partial charge on any atom is 0.496 e. The fourth-order valence-electron chi connectivity index (χ4n) is 3.16. The largest absolute Gasteiger partial charge is 0.496 e. The molecule has 0 amide bonds. The molecule has 0 bridgehead atoms. The van der Waals surface area contributed by atoms with Gasteiger partial charge in [-0.25, -0.2) is 0 Å². The zero-order chi connectivity index (χ0) is 23.5. The Morgan fingerprint density at radius 3 is 2.34 bits per heavy atom. The normalized spacial score (nSPS) is 16.8. The quantitative estimate of drug-likeness (QED) is 0.228. The van der Waals surface area contributed by atoms with Crippen molar-refractivity contribution in [2.24, 2.45) is 0 Å². The van der Waals surface area contributed by atoms with Gasteiger partial charge in [-0.3, -0.25) is 4.79 Å². The molecule has 2 aromatic carbocycles. The second-order valence-corrected chi connectivity index (χ2v) is 9.24. The molecule has 3 rings (SSSR count). The van der Waals surface area contributed by atoms with Gasteiger partial charge in [-0.05, 0) is 51.0 Å². The van der Waals surface area contributed by atoms with Crippen molar-refractivity contribution in [1.29, 1.82) is 5.26 Å². The summed E-state index contributed by atoms with van der Waals surface area (Å²) in [4.78, 5) is 11.3. The third kappa shape index (κ3) is 5.03. The van der Waals surface area contributed by atoms with Crippen LogP contribution in [0.4, 0.5) is 0 Å². The van der Waals surface area contributed by atoms with Crippen LogP contribution in [0.1, 0.15) is 55.6 Å². The fraction of sp³-hybridized carbons (Fsp3) is 0.333. The zero-order valence-electron chi connectivity index (χ0n) is 18.4. The van der Waals surface area contributed by atoms with Gasteiger partial charge in [0.25, 0.3) is 0 Å². The summed E-state index contributed by atoms with van der Waals surface area (Å²) in [5.41, 5.74) is 1.55. The molecule has 1 aliphatic heterocycles. The molecular formula is C24H24BCl2NO4. The number of rotatable bonds is 7. The summed E-state index contributed by atoms with van der Waals surface area (Å²) < 4.78 is 17.8. The molecule has 0 spiro atoms. The van der Waals surface area contributed by atoms with Crippen LogP contribution in [0.2, 0.25) is 10.0 Å². The van der Waals surface area contributed by atoms with Gasteiger partial charge in [-0.15, -0.1) is 0 Å². The van der Waals surface area contributed by atoms with E-state index in [1.165, 1.54) is 0 Å². The Labute approximate surface area is 199 Å². The van der Waals surface area contributed by atoms with Crippen LogP contribution in [-0.2, 0) is 9.31 Å². The van der Waals surface area contributed by atoms with Gasteiger partial charge in [0.15, 0.2) is 6.29 Å². The van der Waals surface area contributed by atoms with Crippen LogP contribution >= 0.6 is 23.2 Å². The van der Waals surface area contributed by atoms with E-state index in [1.807, 2.05) is 58.0 Å². The van der Waals surface area contributed by atoms with Gasteiger partial charge in [0.1, 0.15) is 12.4 Å². The molecule has 1 fully saturated rings. The lowest BCUT2D eigenvalue weighted by Crippen LogP contribution is -2.41. The number of aldehydes is 1. The van der Waals surface area contributed by atoms with E-state index in [-0.39, 0.29) is 13.0 Å². The summed E-state index contributed by atoms with van der Waals surface area (Å²) in [7, 11) is -0.573. The summed E-state index contributed by atoms with van der Waals surface area (Å²) in [6, 6.07) is 10.9. The van der Waals surface area contributed by atoms with Crippen LogP contribution in [0, 0.1) is 11.3 Å². The van der Waals surface area contributed by atoms with E-state index in [2.05, 4.69) is 0 Å². The van der Waals surface area contributed by atoms with Crippen molar-refractivity contribution < 1.29 is 18.8 Å². The maximum absolute atomic E-state index is 11.3. The average molecular weight is 472 g/mol. The van der Waals surface area contributed by atoms with Crippen LogP contribution in [0.15, 0.2) is 30.3 Å². The number of ether oxygens (including phenoxy) is 1. The number of nitrogens with zero attached hydrogens (tertiary/aromatic N) is 1. The van der Waals surface area contributed by atoms with Crippen molar-refractivity contribution in [2.45, 2.75) is 45.3 Å². The predicted octanol–water partition coefficient (Wildman–Crippen LogP) is 5.57. The van der Waals surface area contributed by atoms with E-state index in [0.29, 0.717) is 33.2 Å². The van der Waals surface area contributed by atoms with Gasteiger partial charge in [0.2, 0.25) is 0 Å². The second-order valence-electron chi connectivity index (χ2n) is 8.46. The molecular weight excluding hydrogens is 448 g/mol. The van der Waals surface area contributed by atoms with Crippen molar-refractivity contribution in [3.8, 4) is 11.8 Å². The van der Waals surface area contributed by atoms with Crippen LogP contribution in [0.5, 0.6) is 5.75 Å². The Morgan fingerprint density at radius 1 is 1.06 bits per heavy atom. The SMILES string of the molecule is CC1(C)OB(c2cccc(/C=C/c3cc(OCCC#N)c(C=O)cc3Cl)c2Cl)OC1(C)C. The summed E-state index contributed by atoms with van der Waals surface area (Å²) in [6.07, 6.45) is 4.51. The van der Waals surface area contributed by atoms with Gasteiger partial charge in [-0.1, -0.05) is 53.6 Å². The summed E-state index contributed by atoms with van der Waals surface area (Å²) in [5, 5.41) is 9.62. The smallest absolute Gasteiger partial charge is 0.492 e. The molecule has 0 N–H and O–H groups in total. The minimum atomic E-state index is -0.573. The van der Waals surface area contributed by atoms with Crippen molar-refractivity contribution in [1.82, 2.24) is 0 Å². The third-order valence-corrected chi connectivity index (χ3v) is 6.50. The Kier molecular flexibility index (Phi) is 7.37. The number of halogens is 2.